The standard InChI is InChI=1S/C22H42N2.2HI/c1-19-17-23(13-7-21(19)8-14-23)11-5-3-4-6-12-24-15-9-22(10-16-24)20(2)18-24;;/h19-22H,3-18H2,1-2H3;2*1H/q+2;;/p-2. The second-order valence-corrected chi connectivity index (χ2v) is 10.4. The Labute approximate surface area is 197 Å². The first kappa shape index (κ1) is 23.7. The molecule has 6 fully saturated rings. The Morgan fingerprint density at radius 1 is 0.577 bits per heavy atom. The normalized spacial score (nSPS) is 43.6. The minimum atomic E-state index is 0. The topological polar surface area (TPSA) is 0 Å². The molecule has 0 N–H and O–H groups in total. The molecular weight excluding hydrogens is 546 g/mol. The molecule has 0 aromatic carbocycles. The first-order valence-corrected chi connectivity index (χ1v) is 11.3. The van der Waals surface area contributed by atoms with Crippen LogP contribution in [0, 0.1) is 23.7 Å². The van der Waals surface area contributed by atoms with Crippen LogP contribution >= 0.6 is 0 Å². The van der Waals surface area contributed by atoms with Crippen LogP contribution in [-0.4, -0.2) is 61.3 Å². The van der Waals surface area contributed by atoms with E-state index < -0.39 is 0 Å². The van der Waals surface area contributed by atoms with Crippen LogP contribution in [0.4, 0.5) is 0 Å². The number of nitrogens with zero attached hydrogens (tertiary/aromatic N) is 2. The number of hydrogen-bond acceptors (Lipinski definition) is 0. The smallest absolute Gasteiger partial charge is 0.0815 e. The van der Waals surface area contributed by atoms with Crippen molar-refractivity contribution in [1.29, 1.82) is 0 Å². The van der Waals surface area contributed by atoms with Crippen LogP contribution < -0.4 is 48.0 Å². The molecule has 6 saturated heterocycles. The molecule has 0 aliphatic carbocycles. The Hall–Kier alpha value is 1.38. The molecule has 0 aromatic rings. The van der Waals surface area contributed by atoms with Crippen LogP contribution in [-0.2, 0) is 0 Å². The van der Waals surface area contributed by atoms with Gasteiger partial charge < -0.3 is 56.9 Å². The first-order valence-electron chi connectivity index (χ1n) is 11.3. The largest absolute Gasteiger partial charge is 1.00 e. The van der Waals surface area contributed by atoms with Gasteiger partial charge >= 0.3 is 0 Å². The third-order valence-electron chi connectivity index (χ3n) is 8.87. The number of fused-ring (bicyclic) bond motifs is 6. The van der Waals surface area contributed by atoms with Gasteiger partial charge in [-0.25, -0.2) is 0 Å². The minimum Gasteiger partial charge on any atom is -1.00 e. The molecule has 0 amide bonds. The first-order chi connectivity index (χ1) is 11.6. The molecule has 2 nitrogen and oxygen atoms in total. The highest BCUT2D eigenvalue weighted by Crippen LogP contribution is 2.39. The van der Waals surface area contributed by atoms with E-state index in [9.17, 15) is 0 Å². The lowest BCUT2D eigenvalue weighted by molar-refractivity contribution is -0.947. The van der Waals surface area contributed by atoms with Gasteiger partial charge in [0.15, 0.2) is 0 Å². The summed E-state index contributed by atoms with van der Waals surface area (Å²) in [5.74, 6) is 4.17. The Balaban J connectivity index is 0.00000121. The molecule has 6 heterocycles. The lowest BCUT2D eigenvalue weighted by Crippen LogP contribution is -3.00. The van der Waals surface area contributed by atoms with Crippen LogP contribution in [0.25, 0.3) is 0 Å². The fourth-order valence-corrected chi connectivity index (χ4v) is 7.17. The van der Waals surface area contributed by atoms with Crippen molar-refractivity contribution < 1.29 is 56.9 Å². The zero-order valence-electron chi connectivity index (χ0n) is 17.3. The summed E-state index contributed by atoms with van der Waals surface area (Å²) in [4.78, 5) is 0. The summed E-state index contributed by atoms with van der Waals surface area (Å²) < 4.78 is 2.99. The van der Waals surface area contributed by atoms with Crippen LogP contribution in [0.2, 0.25) is 0 Å². The van der Waals surface area contributed by atoms with Gasteiger partial charge in [0.2, 0.25) is 0 Å². The summed E-state index contributed by atoms with van der Waals surface area (Å²) in [6.07, 6.45) is 12.1. The van der Waals surface area contributed by atoms with Crippen molar-refractivity contribution >= 4 is 0 Å². The summed E-state index contributed by atoms with van der Waals surface area (Å²) in [5, 5.41) is 0. The Kier molecular flexibility index (Phi) is 9.03. The van der Waals surface area contributed by atoms with Crippen LogP contribution in [0.3, 0.4) is 0 Å². The van der Waals surface area contributed by atoms with E-state index in [2.05, 4.69) is 13.8 Å². The summed E-state index contributed by atoms with van der Waals surface area (Å²) in [6, 6.07) is 0. The van der Waals surface area contributed by atoms with E-state index in [0.29, 0.717) is 0 Å². The maximum Gasteiger partial charge on any atom is 0.0815 e. The van der Waals surface area contributed by atoms with Crippen molar-refractivity contribution in [1.82, 2.24) is 0 Å². The monoisotopic (exact) mass is 588 g/mol. The van der Waals surface area contributed by atoms with Gasteiger partial charge in [0, 0.05) is 37.5 Å². The van der Waals surface area contributed by atoms with Crippen molar-refractivity contribution in [2.24, 2.45) is 23.7 Å². The molecule has 0 spiro atoms. The Bertz CT molecular complexity index is 386. The van der Waals surface area contributed by atoms with Gasteiger partial charge in [0.25, 0.3) is 0 Å². The zero-order valence-corrected chi connectivity index (χ0v) is 21.6. The summed E-state index contributed by atoms with van der Waals surface area (Å²) in [7, 11) is 0. The molecule has 154 valence electrons. The second kappa shape index (κ2) is 9.92. The molecule has 6 aliphatic heterocycles. The fourth-order valence-electron chi connectivity index (χ4n) is 7.17. The van der Waals surface area contributed by atoms with Crippen molar-refractivity contribution in [3.05, 3.63) is 0 Å². The van der Waals surface area contributed by atoms with Gasteiger partial charge in [-0.05, 0) is 37.5 Å². The van der Waals surface area contributed by atoms with Crippen molar-refractivity contribution in [2.45, 2.75) is 65.2 Å². The third-order valence-corrected chi connectivity index (χ3v) is 8.87. The van der Waals surface area contributed by atoms with E-state index in [1.807, 2.05) is 0 Å². The summed E-state index contributed by atoms with van der Waals surface area (Å²) in [5.41, 5.74) is 0. The van der Waals surface area contributed by atoms with Crippen LogP contribution in [0.1, 0.15) is 65.2 Å². The van der Waals surface area contributed by atoms with E-state index in [-0.39, 0.29) is 48.0 Å². The molecule has 6 rings (SSSR count). The highest BCUT2D eigenvalue weighted by molar-refractivity contribution is 4.78. The molecule has 4 bridgehead atoms. The zero-order chi connectivity index (χ0) is 16.6. The Morgan fingerprint density at radius 3 is 1.23 bits per heavy atom. The van der Waals surface area contributed by atoms with E-state index in [4.69, 9.17) is 0 Å². The Morgan fingerprint density at radius 2 is 0.923 bits per heavy atom. The number of halogens is 2. The summed E-state index contributed by atoms with van der Waals surface area (Å²) >= 11 is 0. The van der Waals surface area contributed by atoms with E-state index in [1.165, 1.54) is 113 Å². The predicted molar refractivity (Wildman–Crippen MR) is 102 cm³/mol. The fraction of sp³-hybridized carbons (Fsp3) is 1.00. The second-order valence-electron chi connectivity index (χ2n) is 10.4. The number of rotatable bonds is 7. The van der Waals surface area contributed by atoms with Gasteiger partial charge in [0.1, 0.15) is 0 Å². The SMILES string of the molecule is CC1C[N+]2(CCCCCC[N+]34CCC(CC3)C(C)C4)CCC1CC2.[I-].[I-]. The van der Waals surface area contributed by atoms with Crippen molar-refractivity contribution in [2.75, 3.05) is 52.4 Å². The van der Waals surface area contributed by atoms with E-state index >= 15 is 0 Å². The predicted octanol–water partition coefficient (Wildman–Crippen LogP) is -1.69. The molecule has 2 atom stereocenters. The number of hydrogen-bond donors (Lipinski definition) is 0. The molecule has 6 aliphatic rings. The molecular formula is C22H42I2N2. The maximum atomic E-state index is 2.52. The highest BCUT2D eigenvalue weighted by atomic mass is 127. The van der Waals surface area contributed by atoms with E-state index in [0.717, 1.165) is 23.7 Å². The average Bonchev–Trinajstić information content (AvgIpc) is 2.59. The van der Waals surface area contributed by atoms with Crippen LogP contribution in [0.15, 0.2) is 0 Å². The molecule has 0 radical (unpaired) electrons. The molecule has 0 aromatic heterocycles. The van der Waals surface area contributed by atoms with E-state index in [1.54, 1.807) is 0 Å². The minimum absolute atomic E-state index is 0. The average molecular weight is 588 g/mol. The van der Waals surface area contributed by atoms with Crippen LogP contribution in [0.5, 0.6) is 0 Å². The summed E-state index contributed by atoms with van der Waals surface area (Å²) in [6.45, 7) is 17.1. The number of unbranched alkanes of at least 4 members (excludes halogenated alkanes) is 3. The number of piperidine rings is 6. The molecule has 0 saturated carbocycles. The third kappa shape index (κ3) is 5.10. The van der Waals surface area contributed by atoms with Gasteiger partial charge in [-0.1, -0.05) is 13.8 Å². The number of quaternary nitrogens is 2. The molecule has 2 unspecified atom stereocenters. The maximum absolute atomic E-state index is 2.52. The lowest BCUT2D eigenvalue weighted by Gasteiger charge is -2.52. The molecule has 4 heteroatoms. The molecule has 26 heavy (non-hydrogen) atoms. The van der Waals surface area contributed by atoms with Crippen molar-refractivity contribution in [3.8, 4) is 0 Å². The van der Waals surface area contributed by atoms with Crippen molar-refractivity contribution in [3.63, 3.8) is 0 Å². The lowest BCUT2D eigenvalue weighted by atomic mass is 9.78. The highest BCUT2D eigenvalue weighted by Gasteiger charge is 2.44. The van der Waals surface area contributed by atoms with Gasteiger partial charge in [-0.2, -0.15) is 0 Å². The van der Waals surface area contributed by atoms with Gasteiger partial charge in [0.05, 0.1) is 52.4 Å². The van der Waals surface area contributed by atoms with Gasteiger partial charge in [-0.15, -0.1) is 0 Å². The van der Waals surface area contributed by atoms with Gasteiger partial charge in [-0.3, -0.25) is 0 Å². The quantitative estimate of drug-likeness (QED) is 0.189.